The van der Waals surface area contributed by atoms with Gasteiger partial charge >= 0.3 is 0 Å². The van der Waals surface area contributed by atoms with E-state index in [2.05, 4.69) is 10.4 Å². The monoisotopic (exact) mass is 267 g/mol. The van der Waals surface area contributed by atoms with Crippen molar-refractivity contribution in [2.75, 3.05) is 6.54 Å². The third kappa shape index (κ3) is 3.36. The van der Waals surface area contributed by atoms with Gasteiger partial charge in [-0.25, -0.2) is 8.78 Å². The molecule has 1 unspecified atom stereocenters. The van der Waals surface area contributed by atoms with E-state index in [9.17, 15) is 13.9 Å². The Morgan fingerprint density at radius 2 is 2.11 bits per heavy atom. The van der Waals surface area contributed by atoms with Gasteiger partial charge in [0.05, 0.1) is 11.8 Å². The summed E-state index contributed by atoms with van der Waals surface area (Å²) in [6.45, 7) is 0.785. The van der Waals surface area contributed by atoms with Crippen LogP contribution in [-0.4, -0.2) is 21.4 Å². The van der Waals surface area contributed by atoms with Crippen LogP contribution >= 0.6 is 0 Å². The highest BCUT2D eigenvalue weighted by Gasteiger charge is 2.10. The molecule has 2 N–H and O–H groups in total. The van der Waals surface area contributed by atoms with Gasteiger partial charge in [-0.2, -0.15) is 5.10 Å². The first-order chi connectivity index (χ1) is 9.08. The maximum absolute atomic E-state index is 13.0. The average molecular weight is 267 g/mol. The lowest BCUT2D eigenvalue weighted by Crippen LogP contribution is -2.22. The Kier molecular flexibility index (Phi) is 4.24. The van der Waals surface area contributed by atoms with Crippen LogP contribution < -0.4 is 5.32 Å². The third-order valence-electron chi connectivity index (χ3n) is 2.89. The molecule has 0 aliphatic rings. The topological polar surface area (TPSA) is 50.1 Å². The molecule has 1 atom stereocenters. The molecule has 19 heavy (non-hydrogen) atoms. The van der Waals surface area contributed by atoms with Crippen molar-refractivity contribution < 1.29 is 13.9 Å². The van der Waals surface area contributed by atoms with E-state index in [1.165, 1.54) is 6.07 Å². The number of benzene rings is 1. The number of nitrogens with zero attached hydrogens (tertiary/aromatic N) is 2. The van der Waals surface area contributed by atoms with Crippen LogP contribution in [-0.2, 0) is 13.6 Å². The summed E-state index contributed by atoms with van der Waals surface area (Å²) in [7, 11) is 1.82. The number of aliphatic hydroxyl groups excluding tert-OH is 1. The highest BCUT2D eigenvalue weighted by molar-refractivity contribution is 5.20. The first-order valence-electron chi connectivity index (χ1n) is 5.88. The van der Waals surface area contributed by atoms with Gasteiger partial charge in [-0.15, -0.1) is 0 Å². The van der Waals surface area contributed by atoms with Gasteiger partial charge in [0, 0.05) is 26.3 Å². The number of aliphatic hydroxyl groups is 1. The molecule has 6 heteroatoms. The Morgan fingerprint density at radius 3 is 2.74 bits per heavy atom. The molecule has 1 aromatic heterocycles. The van der Waals surface area contributed by atoms with Gasteiger partial charge in [-0.05, 0) is 23.8 Å². The smallest absolute Gasteiger partial charge is 0.159 e. The predicted molar refractivity (Wildman–Crippen MR) is 66.2 cm³/mol. The normalized spacial score (nSPS) is 12.6. The molecular weight excluding hydrogens is 252 g/mol. The number of nitrogens with one attached hydrogen (secondary N) is 1. The summed E-state index contributed by atoms with van der Waals surface area (Å²) in [4.78, 5) is 0. The summed E-state index contributed by atoms with van der Waals surface area (Å²) < 4.78 is 27.5. The number of hydrogen-bond donors (Lipinski definition) is 2. The number of aryl methyl sites for hydroxylation is 1. The lowest BCUT2D eigenvalue weighted by molar-refractivity contribution is 0.173. The van der Waals surface area contributed by atoms with Crippen molar-refractivity contribution >= 4 is 0 Å². The van der Waals surface area contributed by atoms with Gasteiger partial charge in [0.15, 0.2) is 11.6 Å². The van der Waals surface area contributed by atoms with Crippen molar-refractivity contribution in [2.24, 2.45) is 7.05 Å². The van der Waals surface area contributed by atoms with Crippen LogP contribution in [0.1, 0.15) is 17.4 Å². The Bertz CT molecular complexity index is 557. The van der Waals surface area contributed by atoms with Crippen LogP contribution in [0, 0.1) is 11.6 Å². The number of halogens is 2. The highest BCUT2D eigenvalue weighted by atomic mass is 19.2. The average Bonchev–Trinajstić information content (AvgIpc) is 2.78. The zero-order valence-corrected chi connectivity index (χ0v) is 10.5. The first kappa shape index (κ1) is 13.6. The van der Waals surface area contributed by atoms with Gasteiger partial charge < -0.3 is 10.4 Å². The second kappa shape index (κ2) is 5.90. The fraction of sp³-hybridized carbons (Fsp3) is 0.308. The standard InChI is InChI=1S/C13H15F2N3O/c1-18-10(4-5-17-18)7-16-8-13(19)9-2-3-11(14)12(15)6-9/h2-6,13,16,19H,7-8H2,1H3. The second-order valence-corrected chi connectivity index (χ2v) is 4.27. The minimum absolute atomic E-state index is 0.246. The largest absolute Gasteiger partial charge is 0.387 e. The molecule has 0 aliphatic carbocycles. The number of hydrogen-bond acceptors (Lipinski definition) is 3. The summed E-state index contributed by atoms with van der Waals surface area (Å²) in [5.41, 5.74) is 1.31. The van der Waals surface area contributed by atoms with Gasteiger partial charge in [0.1, 0.15) is 0 Å². The lowest BCUT2D eigenvalue weighted by atomic mass is 10.1. The molecule has 4 nitrogen and oxygen atoms in total. The molecule has 2 aromatic rings. The van der Waals surface area contributed by atoms with E-state index in [1.807, 2.05) is 13.1 Å². The zero-order valence-electron chi connectivity index (χ0n) is 10.5. The molecule has 0 fully saturated rings. The molecule has 102 valence electrons. The number of aromatic nitrogens is 2. The van der Waals surface area contributed by atoms with E-state index in [1.54, 1.807) is 10.9 Å². The van der Waals surface area contributed by atoms with E-state index in [-0.39, 0.29) is 6.54 Å². The lowest BCUT2D eigenvalue weighted by Gasteiger charge is -2.12. The third-order valence-corrected chi connectivity index (χ3v) is 2.89. The summed E-state index contributed by atoms with van der Waals surface area (Å²) in [5, 5.41) is 16.9. The molecule has 0 amide bonds. The van der Waals surface area contributed by atoms with Crippen molar-refractivity contribution in [1.82, 2.24) is 15.1 Å². The predicted octanol–water partition coefficient (Wildman–Crippen LogP) is 1.52. The maximum Gasteiger partial charge on any atom is 0.159 e. The molecule has 0 bridgehead atoms. The van der Waals surface area contributed by atoms with Crippen LogP contribution in [0.5, 0.6) is 0 Å². The van der Waals surface area contributed by atoms with E-state index in [4.69, 9.17) is 0 Å². The quantitative estimate of drug-likeness (QED) is 0.863. The highest BCUT2D eigenvalue weighted by Crippen LogP contribution is 2.15. The van der Waals surface area contributed by atoms with Crippen LogP contribution in [0.4, 0.5) is 8.78 Å². The van der Waals surface area contributed by atoms with E-state index < -0.39 is 17.7 Å². The van der Waals surface area contributed by atoms with Crippen LogP contribution in [0.25, 0.3) is 0 Å². The van der Waals surface area contributed by atoms with Crippen molar-refractivity contribution in [3.8, 4) is 0 Å². The van der Waals surface area contributed by atoms with E-state index in [0.29, 0.717) is 12.1 Å². The second-order valence-electron chi connectivity index (χ2n) is 4.27. The van der Waals surface area contributed by atoms with Crippen molar-refractivity contribution in [1.29, 1.82) is 0 Å². The molecule has 1 aromatic carbocycles. The van der Waals surface area contributed by atoms with E-state index >= 15 is 0 Å². The van der Waals surface area contributed by atoms with Gasteiger partial charge in [-0.3, -0.25) is 4.68 Å². The summed E-state index contributed by atoms with van der Waals surface area (Å²) in [5.74, 6) is -1.87. The molecule has 0 saturated carbocycles. The fourth-order valence-electron chi connectivity index (χ4n) is 1.75. The SMILES string of the molecule is Cn1nccc1CNCC(O)c1ccc(F)c(F)c1. The van der Waals surface area contributed by atoms with Crippen LogP contribution in [0.3, 0.4) is 0 Å². The van der Waals surface area contributed by atoms with Gasteiger partial charge in [0.2, 0.25) is 0 Å². The molecule has 0 spiro atoms. The Balaban J connectivity index is 1.89. The van der Waals surface area contributed by atoms with E-state index in [0.717, 1.165) is 17.8 Å². The van der Waals surface area contributed by atoms with Crippen molar-refractivity contribution in [3.05, 3.63) is 53.4 Å². The van der Waals surface area contributed by atoms with Crippen LogP contribution in [0.15, 0.2) is 30.5 Å². The summed E-state index contributed by atoms with van der Waals surface area (Å²) in [6, 6.07) is 5.24. The van der Waals surface area contributed by atoms with Gasteiger partial charge in [0.25, 0.3) is 0 Å². The summed E-state index contributed by atoms with van der Waals surface area (Å²) >= 11 is 0. The molecule has 0 radical (unpaired) electrons. The Hall–Kier alpha value is -1.79. The Labute approximate surface area is 109 Å². The minimum Gasteiger partial charge on any atom is -0.387 e. The fourth-order valence-corrected chi connectivity index (χ4v) is 1.75. The van der Waals surface area contributed by atoms with Crippen molar-refractivity contribution in [3.63, 3.8) is 0 Å². The molecule has 0 saturated heterocycles. The molecular formula is C13H15F2N3O. The Morgan fingerprint density at radius 1 is 1.32 bits per heavy atom. The zero-order chi connectivity index (χ0) is 13.8. The molecule has 0 aliphatic heterocycles. The summed E-state index contributed by atoms with van der Waals surface area (Å²) in [6.07, 6.45) is 0.798. The van der Waals surface area contributed by atoms with Crippen LogP contribution in [0.2, 0.25) is 0 Å². The minimum atomic E-state index is -0.955. The number of rotatable bonds is 5. The van der Waals surface area contributed by atoms with Crippen molar-refractivity contribution in [2.45, 2.75) is 12.6 Å². The van der Waals surface area contributed by atoms with Gasteiger partial charge in [-0.1, -0.05) is 6.07 Å². The maximum atomic E-state index is 13.0. The first-order valence-corrected chi connectivity index (χ1v) is 5.88. The molecule has 2 rings (SSSR count). The molecule has 1 heterocycles.